The second-order valence-corrected chi connectivity index (χ2v) is 29.8. The standard InChI is InChI=1S/C16H30O4.C14H26O5.C14H26O4.C13H24O4.C12H22O5.C12H22O4.C11H20O4/c1-15(17)11-7-8-12-16(18)20-14-10-6-4-3-5-9-13-19-2;1-11(15)7-5-6-8-14(16)19-13(3)10-18-9-12(2)17-4;1-13(15)9-5-6-10-14(16)18-12-8-4-3-7-11-17-2;1-12(14)8-4-5-9-13(15)17-11-7-3-6-10-16-2;1-11(13)5-3-4-6-12(14)17-10-9-16-8-7-15-2;1-11(13)7-3-4-8-12(14)16-10-6-5-9-15-2;1-10(12)6-3-4-7-11(13)15-9-5-8-14-2/h3-14H2,1-2H3;12-13H,5-10H2,1-4H3;3-12H2,1-2H3;3-11H2,1-2H3;3-10H2,1-2H3;3-10H2,1-2H3;3-9H2,1-2H3. The molecule has 2 unspecified atom stereocenters. The first-order valence-electron chi connectivity index (χ1n) is 44.7. The first kappa shape index (κ1) is 129. The van der Waals surface area contributed by atoms with E-state index in [1.165, 1.54) is 19.3 Å². The Morgan fingerprint density at radius 2 is 0.369 bits per heavy atom. The fraction of sp³-hybridized carbons (Fsp3) is 0.848. The Labute approximate surface area is 734 Å². The molecule has 0 fully saturated rings. The van der Waals surface area contributed by atoms with Crippen LogP contribution in [0.15, 0.2) is 0 Å². The fourth-order valence-electron chi connectivity index (χ4n) is 9.94. The van der Waals surface area contributed by atoms with Crippen LogP contribution in [0, 0.1) is 0 Å². The molecule has 0 aliphatic rings. The lowest BCUT2D eigenvalue weighted by Gasteiger charge is -2.15. The molecular formula is C92H170O30. The van der Waals surface area contributed by atoms with Crippen molar-refractivity contribution in [1.29, 1.82) is 0 Å². The Bertz CT molecular complexity index is 2440. The van der Waals surface area contributed by atoms with Crippen LogP contribution in [0.1, 0.15) is 345 Å². The van der Waals surface area contributed by atoms with Crippen LogP contribution in [0.3, 0.4) is 0 Å². The van der Waals surface area contributed by atoms with Crippen molar-refractivity contribution in [2.75, 3.05) is 155 Å². The molecule has 0 amide bonds. The largest absolute Gasteiger partial charge is 0.466 e. The molecule has 0 aliphatic carbocycles. The third-order valence-corrected chi connectivity index (χ3v) is 17.0. The van der Waals surface area contributed by atoms with Gasteiger partial charge in [-0.3, -0.25) is 33.6 Å². The zero-order valence-corrected chi connectivity index (χ0v) is 78.8. The zero-order chi connectivity index (χ0) is 93.0. The van der Waals surface area contributed by atoms with Crippen LogP contribution in [0.4, 0.5) is 0 Å². The molecule has 122 heavy (non-hydrogen) atoms. The molecule has 0 rings (SSSR count). The van der Waals surface area contributed by atoms with E-state index < -0.39 is 0 Å². The van der Waals surface area contributed by atoms with Gasteiger partial charge in [0.15, 0.2) is 0 Å². The van der Waals surface area contributed by atoms with E-state index in [4.69, 9.17) is 75.8 Å². The van der Waals surface area contributed by atoms with E-state index in [9.17, 15) is 67.1 Å². The van der Waals surface area contributed by atoms with E-state index in [0.29, 0.717) is 182 Å². The second kappa shape index (κ2) is 107. The van der Waals surface area contributed by atoms with Crippen molar-refractivity contribution in [1.82, 2.24) is 0 Å². The SMILES string of the molecule is COC(C)COCC(C)OC(=O)CCCCC(C)=O.COCCCCCCCCOC(=O)CCCCC(C)=O.COCCCCCCOC(=O)CCCCC(C)=O.COCCCCCOC(=O)CCCCC(C)=O.COCCCCOC(=O)CCCCC(C)=O.COCCCOC(=O)CCCCC(C)=O.COCCOCCOC(=O)CCCCC(C)=O. The number of unbranched alkanes of at least 4 members (excludes halogenated alkanes) is 18. The van der Waals surface area contributed by atoms with Crippen LogP contribution < -0.4 is 0 Å². The topological polar surface area (TPSA) is 387 Å². The summed E-state index contributed by atoms with van der Waals surface area (Å²) in [5.74, 6) is -0.0492. The highest BCUT2D eigenvalue weighted by atomic mass is 16.6. The van der Waals surface area contributed by atoms with Gasteiger partial charge >= 0.3 is 41.8 Å². The van der Waals surface area contributed by atoms with E-state index >= 15 is 0 Å². The zero-order valence-electron chi connectivity index (χ0n) is 78.8. The Balaban J connectivity index is -0.000000253. The number of methoxy groups -OCH3 is 7. The smallest absolute Gasteiger partial charge is 0.306 e. The number of hydrogen-bond acceptors (Lipinski definition) is 30. The van der Waals surface area contributed by atoms with Gasteiger partial charge in [-0.1, -0.05) is 32.1 Å². The van der Waals surface area contributed by atoms with Crippen LogP contribution in [-0.4, -0.2) is 250 Å². The monoisotopic (exact) mass is 1760 g/mol. The summed E-state index contributed by atoms with van der Waals surface area (Å²) < 4.78 is 80.3. The number of ketones is 7. The minimum atomic E-state index is -0.260. The number of rotatable bonds is 78. The quantitative estimate of drug-likeness (QED) is 0.0310. The fourth-order valence-corrected chi connectivity index (χ4v) is 9.94. The average molecular weight is 1760 g/mol. The van der Waals surface area contributed by atoms with Crippen molar-refractivity contribution < 1.29 is 143 Å². The van der Waals surface area contributed by atoms with Gasteiger partial charge in [0.1, 0.15) is 53.2 Å². The second-order valence-electron chi connectivity index (χ2n) is 29.8. The highest BCUT2D eigenvalue weighted by Crippen LogP contribution is 2.12. The van der Waals surface area contributed by atoms with Gasteiger partial charge in [-0.05, 0) is 216 Å². The molecule has 0 aromatic carbocycles. The molecule has 0 saturated heterocycles. The molecule has 0 bridgehead atoms. The lowest BCUT2D eigenvalue weighted by Crippen LogP contribution is -2.23. The molecule has 0 N–H and O–H groups in total. The number of carbonyl (C=O) groups is 14. The van der Waals surface area contributed by atoms with Crippen LogP contribution in [0.25, 0.3) is 0 Å². The van der Waals surface area contributed by atoms with E-state index in [0.717, 1.165) is 180 Å². The van der Waals surface area contributed by atoms with Crippen molar-refractivity contribution in [2.45, 2.75) is 357 Å². The number of Topliss-reactive ketones (excluding diaryl/α,β-unsaturated/α-hetero) is 7. The maximum absolute atomic E-state index is 11.5. The highest BCUT2D eigenvalue weighted by Gasteiger charge is 2.13. The third kappa shape index (κ3) is 134. The summed E-state index contributed by atoms with van der Waals surface area (Å²) in [7, 11) is 11.6. The van der Waals surface area contributed by atoms with Crippen molar-refractivity contribution in [3.05, 3.63) is 0 Å². The first-order valence-corrected chi connectivity index (χ1v) is 44.7. The number of esters is 7. The van der Waals surface area contributed by atoms with Gasteiger partial charge in [-0.25, -0.2) is 0 Å². The summed E-state index contributed by atoms with van der Waals surface area (Å²) in [6, 6.07) is 0. The number of ether oxygens (including phenoxy) is 16. The van der Waals surface area contributed by atoms with Gasteiger partial charge in [0, 0.05) is 179 Å². The van der Waals surface area contributed by atoms with Crippen molar-refractivity contribution in [2.24, 2.45) is 0 Å². The molecular weight excluding hydrogens is 1580 g/mol. The summed E-state index contributed by atoms with van der Waals surface area (Å²) in [4.78, 5) is 154. The average Bonchev–Trinajstić information content (AvgIpc) is 0.983. The minimum absolute atomic E-state index is 0.0366. The van der Waals surface area contributed by atoms with Crippen molar-refractivity contribution in [3.63, 3.8) is 0 Å². The molecule has 30 heteroatoms. The molecule has 718 valence electrons. The first-order chi connectivity index (χ1) is 58.4. The van der Waals surface area contributed by atoms with E-state index in [1.54, 1.807) is 105 Å². The molecule has 0 heterocycles. The van der Waals surface area contributed by atoms with E-state index in [2.05, 4.69) is 0 Å². The molecule has 2 atom stereocenters. The number of carbonyl (C=O) groups excluding carboxylic acids is 14. The van der Waals surface area contributed by atoms with E-state index in [1.807, 2.05) is 6.92 Å². The third-order valence-electron chi connectivity index (χ3n) is 17.0. The maximum Gasteiger partial charge on any atom is 0.306 e. The molecule has 0 spiro atoms. The van der Waals surface area contributed by atoms with Crippen LogP contribution >= 0.6 is 0 Å². The molecule has 30 nitrogen and oxygen atoms in total. The normalized spacial score (nSPS) is 10.8. The molecule has 0 saturated carbocycles. The van der Waals surface area contributed by atoms with Crippen LogP contribution in [-0.2, 0) is 143 Å². The van der Waals surface area contributed by atoms with Crippen LogP contribution in [0.2, 0.25) is 0 Å². The Hall–Kier alpha value is -6.38. The van der Waals surface area contributed by atoms with Crippen molar-refractivity contribution in [3.8, 4) is 0 Å². The Morgan fingerprint density at radius 3 is 0.631 bits per heavy atom. The van der Waals surface area contributed by atoms with Gasteiger partial charge in [0.2, 0.25) is 0 Å². The summed E-state index contributed by atoms with van der Waals surface area (Å²) in [5, 5.41) is 0. The summed E-state index contributed by atoms with van der Waals surface area (Å²) in [5.41, 5.74) is 0. The predicted octanol–water partition coefficient (Wildman–Crippen LogP) is 16.3. The summed E-state index contributed by atoms with van der Waals surface area (Å²) in [6.45, 7) is 23.4. The molecule has 0 radical (unpaired) electrons. The molecule has 0 aromatic rings. The van der Waals surface area contributed by atoms with Gasteiger partial charge < -0.3 is 109 Å². The van der Waals surface area contributed by atoms with E-state index in [-0.39, 0.29) is 101 Å². The minimum Gasteiger partial charge on any atom is -0.466 e. The summed E-state index contributed by atoms with van der Waals surface area (Å²) in [6.07, 6.45) is 33.3. The molecule has 0 aliphatic heterocycles. The van der Waals surface area contributed by atoms with Crippen LogP contribution in [0.5, 0.6) is 0 Å². The Kier molecular flexibility index (Phi) is 113. The van der Waals surface area contributed by atoms with Crippen molar-refractivity contribution >= 4 is 82.3 Å². The lowest BCUT2D eigenvalue weighted by molar-refractivity contribution is -0.152. The van der Waals surface area contributed by atoms with Gasteiger partial charge in [-0.2, -0.15) is 0 Å². The van der Waals surface area contributed by atoms with Gasteiger partial charge in [-0.15, -0.1) is 0 Å². The number of hydrogen-bond donors (Lipinski definition) is 0. The summed E-state index contributed by atoms with van der Waals surface area (Å²) >= 11 is 0. The maximum atomic E-state index is 11.5. The molecule has 0 aromatic heterocycles. The lowest BCUT2D eigenvalue weighted by atomic mass is 10.1. The highest BCUT2D eigenvalue weighted by molar-refractivity contribution is 5.78. The van der Waals surface area contributed by atoms with Gasteiger partial charge in [0.25, 0.3) is 0 Å². The van der Waals surface area contributed by atoms with Gasteiger partial charge in [0.05, 0.1) is 72.2 Å². The predicted molar refractivity (Wildman–Crippen MR) is 469 cm³/mol. The Morgan fingerprint density at radius 1 is 0.180 bits per heavy atom.